The number of anilines is 1. The maximum absolute atomic E-state index is 13.0. The minimum Gasteiger partial charge on any atom is -0.490 e. The van der Waals surface area contributed by atoms with Gasteiger partial charge in [0.1, 0.15) is 13.2 Å². The molecule has 13 heteroatoms. The molecule has 5 rings (SSSR count). The van der Waals surface area contributed by atoms with Gasteiger partial charge in [0.05, 0.1) is 16.0 Å². The van der Waals surface area contributed by atoms with Gasteiger partial charge in [-0.1, -0.05) is 29.3 Å². The van der Waals surface area contributed by atoms with Gasteiger partial charge in [-0.25, -0.2) is 0 Å². The van der Waals surface area contributed by atoms with Crippen LogP contribution < -0.4 is 24.3 Å². The van der Waals surface area contributed by atoms with E-state index in [1.54, 1.807) is 54.6 Å². The van der Waals surface area contributed by atoms with Crippen molar-refractivity contribution in [1.82, 2.24) is 4.90 Å². The number of imide groups is 1. The van der Waals surface area contributed by atoms with Crippen LogP contribution in [0.2, 0.25) is 10.0 Å². The fourth-order valence-corrected chi connectivity index (χ4v) is 5.84. The summed E-state index contributed by atoms with van der Waals surface area (Å²) in [5.41, 5.74) is 1.79. The normalized spacial score (nSPS) is 15.0. The number of carbonyl (C=O) groups excluding carboxylic acids is 3. The van der Waals surface area contributed by atoms with Crippen molar-refractivity contribution < 1.29 is 33.3 Å². The number of ether oxygens (including phenoxy) is 4. The largest absolute Gasteiger partial charge is 0.490 e. The molecule has 0 saturated carbocycles. The summed E-state index contributed by atoms with van der Waals surface area (Å²) in [6.45, 7) is 2.03. The topological polar surface area (TPSA) is 103 Å². The number of fused-ring (bicyclic) bond motifs is 1. The van der Waals surface area contributed by atoms with E-state index in [0.717, 1.165) is 22.2 Å². The van der Waals surface area contributed by atoms with E-state index in [1.165, 1.54) is 0 Å². The number of hydrogen-bond donors (Lipinski definition) is 1. The van der Waals surface area contributed by atoms with Gasteiger partial charge in [0.2, 0.25) is 12.7 Å². The molecular weight excluding hydrogens is 659 g/mol. The summed E-state index contributed by atoms with van der Waals surface area (Å²) in [6.07, 6.45) is 1.56. The predicted molar refractivity (Wildman–Crippen MR) is 160 cm³/mol. The number of halogens is 3. The Balaban J connectivity index is 1.29. The molecule has 0 bridgehead atoms. The first-order valence-corrected chi connectivity index (χ1v) is 14.6. The van der Waals surface area contributed by atoms with Crippen LogP contribution in [0.4, 0.5) is 10.5 Å². The van der Waals surface area contributed by atoms with Crippen LogP contribution in [0.1, 0.15) is 18.1 Å². The average Bonchev–Trinajstić information content (AvgIpc) is 3.49. The Kier molecular flexibility index (Phi) is 8.98. The minimum atomic E-state index is -0.576. The molecule has 0 atom stereocenters. The third-order valence-corrected chi connectivity index (χ3v) is 7.93. The molecule has 1 saturated heterocycles. The summed E-state index contributed by atoms with van der Waals surface area (Å²) in [5, 5.41) is 3.12. The zero-order chi connectivity index (χ0) is 29.1. The van der Waals surface area contributed by atoms with Crippen molar-refractivity contribution in [2.75, 3.05) is 25.3 Å². The maximum atomic E-state index is 13.0. The van der Waals surface area contributed by atoms with Crippen molar-refractivity contribution in [3.8, 4) is 23.0 Å². The molecule has 2 aliphatic rings. The Labute approximate surface area is 257 Å². The summed E-state index contributed by atoms with van der Waals surface area (Å²) in [6, 6.07) is 13.5. The monoisotopic (exact) mass is 678 g/mol. The Bertz CT molecular complexity index is 1580. The second kappa shape index (κ2) is 12.6. The first-order chi connectivity index (χ1) is 19.7. The highest BCUT2D eigenvalue weighted by molar-refractivity contribution is 9.10. The molecule has 212 valence electrons. The van der Waals surface area contributed by atoms with Crippen LogP contribution in [0.3, 0.4) is 0 Å². The van der Waals surface area contributed by atoms with E-state index < -0.39 is 23.6 Å². The van der Waals surface area contributed by atoms with E-state index in [2.05, 4.69) is 21.2 Å². The summed E-state index contributed by atoms with van der Waals surface area (Å²) >= 11 is 16.5. The maximum Gasteiger partial charge on any atom is 0.294 e. The highest BCUT2D eigenvalue weighted by Crippen LogP contribution is 2.40. The van der Waals surface area contributed by atoms with Crippen LogP contribution >= 0.6 is 50.9 Å². The van der Waals surface area contributed by atoms with Gasteiger partial charge in [0.15, 0.2) is 23.0 Å². The van der Waals surface area contributed by atoms with Crippen molar-refractivity contribution in [3.63, 3.8) is 0 Å². The zero-order valence-corrected chi connectivity index (χ0v) is 25.3. The molecule has 2 heterocycles. The molecule has 3 amide bonds. The standard InChI is InChI=1S/C28H21BrCl2N2O7S/c1-2-37-23-8-15(7-19(29)26(23)38-13-16-3-4-17(30)10-20(16)31)9-24-27(35)33(28(36)41-24)12-25(34)32-18-5-6-21-22(11-18)40-14-39-21/h3-11H,2,12-14H2,1H3,(H,32,34)/b24-9-. The number of thioether (sulfide) groups is 1. The first-order valence-electron chi connectivity index (χ1n) is 12.2. The fourth-order valence-electron chi connectivity index (χ4n) is 3.97. The number of nitrogens with zero attached hydrogens (tertiary/aromatic N) is 1. The number of carbonyl (C=O) groups is 3. The molecule has 9 nitrogen and oxygen atoms in total. The van der Waals surface area contributed by atoms with Gasteiger partial charge >= 0.3 is 0 Å². The van der Waals surface area contributed by atoms with Crippen LogP contribution in [0.5, 0.6) is 23.0 Å². The number of hydrogen-bond acceptors (Lipinski definition) is 8. The molecule has 3 aromatic rings. The van der Waals surface area contributed by atoms with Crippen LogP contribution in [-0.2, 0) is 16.2 Å². The Morgan fingerprint density at radius 1 is 1.10 bits per heavy atom. The quantitative estimate of drug-likeness (QED) is 0.238. The lowest BCUT2D eigenvalue weighted by atomic mass is 10.1. The second-order valence-electron chi connectivity index (χ2n) is 8.67. The third kappa shape index (κ3) is 6.75. The SMILES string of the molecule is CCOc1cc(/C=C2\SC(=O)N(CC(=O)Nc3ccc4c(c3)OCO4)C2=O)cc(Br)c1OCc1ccc(Cl)cc1Cl. The Morgan fingerprint density at radius 3 is 2.68 bits per heavy atom. The van der Waals surface area contributed by atoms with E-state index in [1.807, 2.05) is 6.92 Å². The van der Waals surface area contributed by atoms with Gasteiger partial charge in [-0.2, -0.15) is 0 Å². The van der Waals surface area contributed by atoms with E-state index in [0.29, 0.717) is 55.4 Å². The molecular formula is C28H21BrCl2N2O7S. The Morgan fingerprint density at radius 2 is 1.90 bits per heavy atom. The molecule has 41 heavy (non-hydrogen) atoms. The summed E-state index contributed by atoms with van der Waals surface area (Å²) in [7, 11) is 0. The van der Waals surface area contributed by atoms with Gasteiger partial charge in [-0.3, -0.25) is 19.3 Å². The Hall–Kier alpha value is -3.38. The third-order valence-electron chi connectivity index (χ3n) is 5.85. The molecule has 0 aromatic heterocycles. The van der Waals surface area contributed by atoms with Crippen molar-refractivity contribution >= 4 is 79.7 Å². The smallest absolute Gasteiger partial charge is 0.294 e. The highest BCUT2D eigenvalue weighted by Gasteiger charge is 2.36. The molecule has 3 aromatic carbocycles. The molecule has 2 aliphatic heterocycles. The van der Waals surface area contributed by atoms with Crippen molar-refractivity contribution in [2.24, 2.45) is 0 Å². The molecule has 0 radical (unpaired) electrons. The van der Waals surface area contributed by atoms with Crippen molar-refractivity contribution in [3.05, 3.63) is 79.1 Å². The second-order valence-corrected chi connectivity index (χ2v) is 11.4. The fraction of sp³-hybridized carbons (Fsp3) is 0.179. The van der Waals surface area contributed by atoms with Crippen LogP contribution in [0.25, 0.3) is 6.08 Å². The van der Waals surface area contributed by atoms with E-state index in [9.17, 15) is 14.4 Å². The average molecular weight is 680 g/mol. The molecule has 1 fully saturated rings. The van der Waals surface area contributed by atoms with E-state index in [-0.39, 0.29) is 18.3 Å². The van der Waals surface area contributed by atoms with Crippen LogP contribution in [-0.4, -0.2) is 41.9 Å². The number of amides is 3. The van der Waals surface area contributed by atoms with Crippen molar-refractivity contribution in [1.29, 1.82) is 0 Å². The highest BCUT2D eigenvalue weighted by atomic mass is 79.9. The summed E-state index contributed by atoms with van der Waals surface area (Å²) < 4.78 is 22.9. The lowest BCUT2D eigenvalue weighted by molar-refractivity contribution is -0.127. The summed E-state index contributed by atoms with van der Waals surface area (Å²) in [4.78, 5) is 39.3. The summed E-state index contributed by atoms with van der Waals surface area (Å²) in [5.74, 6) is 0.844. The molecule has 0 aliphatic carbocycles. The lowest BCUT2D eigenvalue weighted by Crippen LogP contribution is -2.36. The lowest BCUT2D eigenvalue weighted by Gasteiger charge is -2.15. The number of rotatable bonds is 9. The van der Waals surface area contributed by atoms with Gasteiger partial charge in [0, 0.05) is 27.4 Å². The molecule has 0 spiro atoms. The van der Waals surface area contributed by atoms with Gasteiger partial charge in [-0.05, 0) is 82.7 Å². The predicted octanol–water partition coefficient (Wildman–Crippen LogP) is 7.14. The van der Waals surface area contributed by atoms with E-state index in [4.69, 9.17) is 42.1 Å². The van der Waals surface area contributed by atoms with Gasteiger partial charge in [0.25, 0.3) is 11.1 Å². The molecule has 0 unspecified atom stereocenters. The minimum absolute atomic E-state index is 0.104. The van der Waals surface area contributed by atoms with Gasteiger partial charge < -0.3 is 24.3 Å². The van der Waals surface area contributed by atoms with Gasteiger partial charge in [-0.15, -0.1) is 0 Å². The number of benzene rings is 3. The van der Waals surface area contributed by atoms with Crippen LogP contribution in [0.15, 0.2) is 57.9 Å². The number of nitrogens with one attached hydrogen (secondary N) is 1. The van der Waals surface area contributed by atoms with E-state index >= 15 is 0 Å². The van der Waals surface area contributed by atoms with Crippen molar-refractivity contribution in [2.45, 2.75) is 13.5 Å². The first kappa shape index (κ1) is 29.1. The zero-order valence-electron chi connectivity index (χ0n) is 21.4. The van der Waals surface area contributed by atoms with Crippen LogP contribution in [0, 0.1) is 0 Å². The molecule has 1 N–H and O–H groups in total.